The average Bonchev–Trinajstić information content (AvgIpc) is 3.20. The van der Waals surface area contributed by atoms with E-state index in [-0.39, 0.29) is 22.5 Å². The number of amides is 1. The molecule has 0 atom stereocenters. The largest absolute Gasteiger partial charge is 0.403 e. The summed E-state index contributed by atoms with van der Waals surface area (Å²) in [5.41, 5.74) is 1.66. The predicted octanol–water partition coefficient (Wildman–Crippen LogP) is 1.92. The third-order valence-corrected chi connectivity index (χ3v) is 4.82. The molecule has 1 N–H and O–H groups in total. The number of nitrogens with one attached hydrogen (secondary N) is 1. The Kier molecular flexibility index (Phi) is 4.60. The highest BCUT2D eigenvalue weighted by Gasteiger charge is 2.16. The van der Waals surface area contributed by atoms with Crippen molar-refractivity contribution in [1.82, 2.24) is 20.0 Å². The first kappa shape index (κ1) is 17.8. The minimum Gasteiger partial charge on any atom is -0.403 e. The van der Waals surface area contributed by atoms with Gasteiger partial charge in [0, 0.05) is 24.1 Å². The summed E-state index contributed by atoms with van der Waals surface area (Å²) in [7, 11) is -3.28. The number of rotatable bonds is 5. The number of sulfone groups is 1. The molecule has 0 unspecified atom stereocenters. The van der Waals surface area contributed by atoms with Crippen LogP contribution in [-0.2, 0) is 16.4 Å². The SMILES string of the molecule is CCn1nc(C(=O)Nc2nnc(-c3ccc(S(C)(=O)=O)cc3)o2)cc1C. The Morgan fingerprint density at radius 3 is 2.50 bits per heavy atom. The number of carbonyl (C=O) groups excluding carboxylic acids is 1. The lowest BCUT2D eigenvalue weighted by atomic mass is 10.2. The molecule has 1 aromatic carbocycles. The number of hydrogen-bond acceptors (Lipinski definition) is 7. The molecule has 0 radical (unpaired) electrons. The second kappa shape index (κ2) is 6.71. The van der Waals surface area contributed by atoms with Crippen molar-refractivity contribution in [3.05, 3.63) is 41.7 Å². The Hall–Kier alpha value is -3.01. The molecule has 0 spiro atoms. The Morgan fingerprint density at radius 1 is 1.23 bits per heavy atom. The summed E-state index contributed by atoms with van der Waals surface area (Å²) in [4.78, 5) is 12.4. The van der Waals surface area contributed by atoms with Crippen LogP contribution >= 0.6 is 0 Å². The van der Waals surface area contributed by atoms with E-state index in [1.807, 2.05) is 13.8 Å². The van der Waals surface area contributed by atoms with Gasteiger partial charge in [0.15, 0.2) is 15.5 Å². The Morgan fingerprint density at radius 2 is 1.92 bits per heavy atom. The van der Waals surface area contributed by atoms with Crippen molar-refractivity contribution in [3.63, 3.8) is 0 Å². The van der Waals surface area contributed by atoms with Crippen molar-refractivity contribution in [1.29, 1.82) is 0 Å². The number of anilines is 1. The number of hydrogen-bond donors (Lipinski definition) is 1. The lowest BCUT2D eigenvalue weighted by molar-refractivity contribution is 0.101. The second-order valence-electron chi connectivity index (χ2n) is 5.65. The molecule has 2 heterocycles. The molecular weight excluding hydrogens is 358 g/mol. The summed E-state index contributed by atoms with van der Waals surface area (Å²) in [5, 5.41) is 14.3. The highest BCUT2D eigenvalue weighted by Crippen LogP contribution is 2.22. The highest BCUT2D eigenvalue weighted by atomic mass is 32.2. The molecule has 0 aliphatic heterocycles. The molecule has 26 heavy (non-hydrogen) atoms. The summed E-state index contributed by atoms with van der Waals surface area (Å²) in [6.45, 7) is 4.45. The van der Waals surface area contributed by atoms with Gasteiger partial charge in [0.1, 0.15) is 0 Å². The maximum atomic E-state index is 12.2. The normalized spacial score (nSPS) is 11.5. The molecule has 10 heteroatoms. The number of aromatic nitrogens is 4. The van der Waals surface area contributed by atoms with Gasteiger partial charge in [0.2, 0.25) is 5.89 Å². The molecule has 0 saturated heterocycles. The fourth-order valence-corrected chi connectivity index (χ4v) is 2.97. The Labute approximate surface area is 150 Å². The van der Waals surface area contributed by atoms with Gasteiger partial charge in [-0.1, -0.05) is 5.10 Å². The molecule has 9 nitrogen and oxygen atoms in total. The predicted molar refractivity (Wildman–Crippen MR) is 93.4 cm³/mol. The zero-order chi connectivity index (χ0) is 18.9. The van der Waals surface area contributed by atoms with Gasteiger partial charge in [-0.2, -0.15) is 5.10 Å². The van der Waals surface area contributed by atoms with Crippen LogP contribution in [0.15, 0.2) is 39.6 Å². The van der Waals surface area contributed by atoms with Crippen LogP contribution < -0.4 is 5.32 Å². The molecule has 0 fully saturated rings. The quantitative estimate of drug-likeness (QED) is 0.723. The van der Waals surface area contributed by atoms with Crippen molar-refractivity contribution in [2.24, 2.45) is 0 Å². The van der Waals surface area contributed by atoms with Gasteiger partial charge < -0.3 is 4.42 Å². The maximum absolute atomic E-state index is 12.2. The third kappa shape index (κ3) is 3.64. The second-order valence-corrected chi connectivity index (χ2v) is 7.67. The van der Waals surface area contributed by atoms with Gasteiger partial charge >= 0.3 is 6.01 Å². The lowest BCUT2D eigenvalue weighted by Crippen LogP contribution is -2.13. The van der Waals surface area contributed by atoms with Crippen molar-refractivity contribution in [2.45, 2.75) is 25.3 Å². The number of aryl methyl sites for hydroxylation is 2. The molecule has 1 amide bonds. The minimum absolute atomic E-state index is 0.0686. The van der Waals surface area contributed by atoms with E-state index in [4.69, 9.17) is 4.42 Å². The van der Waals surface area contributed by atoms with Crippen LogP contribution in [0.25, 0.3) is 11.5 Å². The van der Waals surface area contributed by atoms with E-state index in [1.54, 1.807) is 22.9 Å². The number of carbonyl (C=O) groups is 1. The molecule has 2 aromatic heterocycles. The van der Waals surface area contributed by atoms with Crippen LogP contribution in [0.1, 0.15) is 23.1 Å². The Balaban J connectivity index is 1.76. The van der Waals surface area contributed by atoms with Crippen LogP contribution in [0, 0.1) is 6.92 Å². The smallest absolute Gasteiger partial charge is 0.322 e. The molecule has 3 rings (SSSR count). The number of benzene rings is 1. The number of nitrogens with zero attached hydrogens (tertiary/aromatic N) is 4. The molecule has 3 aromatic rings. The van der Waals surface area contributed by atoms with Crippen LogP contribution in [-0.4, -0.2) is 40.6 Å². The van der Waals surface area contributed by atoms with Gasteiger partial charge in [0.05, 0.1) is 4.90 Å². The Bertz CT molecular complexity index is 1050. The van der Waals surface area contributed by atoms with Crippen LogP contribution in [0.3, 0.4) is 0 Å². The van der Waals surface area contributed by atoms with Gasteiger partial charge in [-0.3, -0.25) is 14.8 Å². The van der Waals surface area contributed by atoms with Crippen molar-refractivity contribution in [3.8, 4) is 11.5 Å². The van der Waals surface area contributed by atoms with E-state index in [0.29, 0.717) is 12.1 Å². The lowest BCUT2D eigenvalue weighted by Gasteiger charge is -1.99. The summed E-state index contributed by atoms with van der Waals surface area (Å²) in [6, 6.07) is 7.62. The van der Waals surface area contributed by atoms with Gasteiger partial charge in [0.25, 0.3) is 5.91 Å². The summed E-state index contributed by atoms with van der Waals surface area (Å²) in [5.74, 6) is -0.293. The molecule has 0 aliphatic rings. The average molecular weight is 375 g/mol. The van der Waals surface area contributed by atoms with Gasteiger partial charge in [-0.15, -0.1) is 5.10 Å². The first-order valence-electron chi connectivity index (χ1n) is 7.77. The van der Waals surface area contributed by atoms with Crippen LogP contribution in [0.2, 0.25) is 0 Å². The fraction of sp³-hybridized carbons (Fsp3) is 0.250. The molecule has 0 saturated carbocycles. The summed E-state index contributed by atoms with van der Waals surface area (Å²) in [6.07, 6.45) is 1.13. The first-order valence-corrected chi connectivity index (χ1v) is 9.67. The van der Waals surface area contributed by atoms with E-state index < -0.39 is 15.7 Å². The van der Waals surface area contributed by atoms with E-state index in [0.717, 1.165) is 11.9 Å². The van der Waals surface area contributed by atoms with Crippen molar-refractivity contribution < 1.29 is 17.6 Å². The molecule has 136 valence electrons. The molecular formula is C16H17N5O4S. The standard InChI is InChI=1S/C16H17N5O4S/c1-4-21-10(2)9-13(20-21)14(22)17-16-19-18-15(25-16)11-5-7-12(8-6-11)26(3,23)24/h5-9H,4H2,1-3H3,(H,17,19,22). The zero-order valence-corrected chi connectivity index (χ0v) is 15.2. The zero-order valence-electron chi connectivity index (χ0n) is 14.4. The minimum atomic E-state index is -3.28. The fourth-order valence-electron chi connectivity index (χ4n) is 2.34. The van der Waals surface area contributed by atoms with Gasteiger partial charge in [-0.05, 0) is 44.2 Å². The van der Waals surface area contributed by atoms with Crippen molar-refractivity contribution >= 4 is 21.8 Å². The molecule has 0 bridgehead atoms. The highest BCUT2D eigenvalue weighted by molar-refractivity contribution is 7.90. The monoisotopic (exact) mass is 375 g/mol. The van der Waals surface area contributed by atoms with E-state index in [2.05, 4.69) is 20.6 Å². The molecule has 0 aliphatic carbocycles. The topological polar surface area (TPSA) is 120 Å². The first-order chi connectivity index (χ1) is 12.3. The summed E-state index contributed by atoms with van der Waals surface area (Å²) >= 11 is 0. The van der Waals surface area contributed by atoms with E-state index in [1.165, 1.54) is 12.1 Å². The third-order valence-electron chi connectivity index (χ3n) is 3.69. The van der Waals surface area contributed by atoms with Crippen LogP contribution in [0.5, 0.6) is 0 Å². The van der Waals surface area contributed by atoms with Crippen molar-refractivity contribution in [2.75, 3.05) is 11.6 Å². The van der Waals surface area contributed by atoms with E-state index in [9.17, 15) is 13.2 Å². The van der Waals surface area contributed by atoms with Gasteiger partial charge in [-0.25, -0.2) is 8.42 Å². The van der Waals surface area contributed by atoms with E-state index >= 15 is 0 Å². The summed E-state index contributed by atoms with van der Waals surface area (Å²) < 4.78 is 30.1. The maximum Gasteiger partial charge on any atom is 0.322 e. The van der Waals surface area contributed by atoms with Crippen LogP contribution in [0.4, 0.5) is 6.01 Å².